The molecule has 1 aromatic rings. The van der Waals surface area contributed by atoms with Crippen LogP contribution in [0.5, 0.6) is 0 Å². The van der Waals surface area contributed by atoms with Gasteiger partial charge in [0.1, 0.15) is 0 Å². The summed E-state index contributed by atoms with van der Waals surface area (Å²) in [7, 11) is 1.91. The Morgan fingerprint density at radius 2 is 2.33 bits per heavy atom. The third kappa shape index (κ3) is 1.75. The first-order valence-electron chi connectivity index (χ1n) is 4.62. The van der Waals surface area contributed by atoms with Crippen LogP contribution in [-0.2, 0) is 13.0 Å². The molecule has 15 heavy (non-hydrogen) atoms. The molecule has 6 nitrogen and oxygen atoms in total. The second-order valence-corrected chi connectivity index (χ2v) is 3.63. The summed E-state index contributed by atoms with van der Waals surface area (Å²) in [6.07, 6.45) is 0.619. The van der Waals surface area contributed by atoms with Crippen molar-refractivity contribution in [3.8, 4) is 0 Å². The molecule has 0 aliphatic carbocycles. The number of carbonyl (C=O) groups is 1. The van der Waals surface area contributed by atoms with E-state index in [0.29, 0.717) is 24.2 Å². The summed E-state index contributed by atoms with van der Waals surface area (Å²) < 4.78 is 0. The van der Waals surface area contributed by atoms with Gasteiger partial charge in [-0.25, -0.2) is 9.78 Å². The predicted molar refractivity (Wildman–Crippen MR) is 51.9 cm³/mol. The van der Waals surface area contributed by atoms with Crippen LogP contribution >= 0.6 is 0 Å². The summed E-state index contributed by atoms with van der Waals surface area (Å²) in [4.78, 5) is 30.4. The normalized spacial score (nSPS) is 16.1. The molecule has 0 saturated carbocycles. The summed E-state index contributed by atoms with van der Waals surface area (Å²) >= 11 is 0. The van der Waals surface area contributed by atoms with Crippen LogP contribution < -0.4 is 5.56 Å². The number of carboxylic acid groups (broad SMARTS) is 1. The zero-order valence-corrected chi connectivity index (χ0v) is 8.28. The summed E-state index contributed by atoms with van der Waals surface area (Å²) in [6, 6.07) is 0. The zero-order valence-electron chi connectivity index (χ0n) is 8.28. The van der Waals surface area contributed by atoms with Crippen LogP contribution in [0.1, 0.15) is 21.9 Å². The van der Waals surface area contributed by atoms with Gasteiger partial charge >= 0.3 is 5.97 Å². The van der Waals surface area contributed by atoms with Gasteiger partial charge in [-0.05, 0) is 13.5 Å². The highest BCUT2D eigenvalue weighted by Crippen LogP contribution is 2.11. The lowest BCUT2D eigenvalue weighted by atomic mass is 10.1. The maximum Gasteiger partial charge on any atom is 0.372 e. The molecule has 1 aromatic heterocycles. The minimum atomic E-state index is -1.21. The van der Waals surface area contributed by atoms with Gasteiger partial charge in [0.2, 0.25) is 5.82 Å². The quantitative estimate of drug-likeness (QED) is 0.648. The van der Waals surface area contributed by atoms with Crippen LogP contribution in [0.25, 0.3) is 0 Å². The lowest BCUT2D eigenvalue weighted by Gasteiger charge is -2.23. The van der Waals surface area contributed by atoms with E-state index < -0.39 is 5.97 Å². The van der Waals surface area contributed by atoms with Crippen molar-refractivity contribution in [2.24, 2.45) is 0 Å². The summed E-state index contributed by atoms with van der Waals surface area (Å²) in [5, 5.41) is 8.73. The number of nitrogens with one attached hydrogen (secondary N) is 1. The fourth-order valence-corrected chi connectivity index (χ4v) is 1.67. The van der Waals surface area contributed by atoms with E-state index in [1.165, 1.54) is 0 Å². The van der Waals surface area contributed by atoms with Gasteiger partial charge in [0.25, 0.3) is 5.56 Å². The van der Waals surface area contributed by atoms with Crippen molar-refractivity contribution >= 4 is 5.97 Å². The Morgan fingerprint density at radius 3 is 3.00 bits per heavy atom. The van der Waals surface area contributed by atoms with E-state index in [0.717, 1.165) is 6.54 Å². The maximum absolute atomic E-state index is 11.5. The lowest BCUT2D eigenvalue weighted by Crippen LogP contribution is -2.33. The average Bonchev–Trinajstić information content (AvgIpc) is 2.16. The summed E-state index contributed by atoms with van der Waals surface area (Å²) in [5.74, 6) is -1.49. The van der Waals surface area contributed by atoms with Gasteiger partial charge in [-0.1, -0.05) is 0 Å². The molecule has 0 bridgehead atoms. The van der Waals surface area contributed by atoms with E-state index in [4.69, 9.17) is 5.11 Å². The number of rotatable bonds is 1. The van der Waals surface area contributed by atoms with E-state index in [9.17, 15) is 9.59 Å². The Kier molecular flexibility index (Phi) is 2.28. The van der Waals surface area contributed by atoms with E-state index in [2.05, 4.69) is 9.97 Å². The third-order valence-electron chi connectivity index (χ3n) is 2.47. The Morgan fingerprint density at radius 1 is 1.60 bits per heavy atom. The van der Waals surface area contributed by atoms with Crippen LogP contribution in [0.2, 0.25) is 0 Å². The number of aromatic nitrogens is 2. The van der Waals surface area contributed by atoms with E-state index in [1.807, 2.05) is 11.9 Å². The predicted octanol–water partition coefficient (Wildman–Crippen LogP) is -0.544. The third-order valence-corrected chi connectivity index (χ3v) is 2.47. The number of hydrogen-bond donors (Lipinski definition) is 2. The van der Waals surface area contributed by atoms with Crippen LogP contribution in [-0.4, -0.2) is 39.5 Å². The fourth-order valence-electron chi connectivity index (χ4n) is 1.67. The van der Waals surface area contributed by atoms with Gasteiger partial charge < -0.3 is 15.0 Å². The van der Waals surface area contributed by atoms with Crippen molar-refractivity contribution in [1.82, 2.24) is 14.9 Å². The first-order valence-corrected chi connectivity index (χ1v) is 4.62. The van der Waals surface area contributed by atoms with Gasteiger partial charge in [0.15, 0.2) is 0 Å². The van der Waals surface area contributed by atoms with Gasteiger partial charge in [0, 0.05) is 18.7 Å². The summed E-state index contributed by atoms with van der Waals surface area (Å²) in [6.45, 7) is 1.32. The molecule has 0 amide bonds. The monoisotopic (exact) mass is 209 g/mol. The van der Waals surface area contributed by atoms with Gasteiger partial charge in [-0.2, -0.15) is 0 Å². The molecule has 0 spiro atoms. The Labute approximate surface area is 85.6 Å². The number of hydrogen-bond acceptors (Lipinski definition) is 4. The lowest BCUT2D eigenvalue weighted by molar-refractivity contribution is 0.0682. The average molecular weight is 209 g/mol. The van der Waals surface area contributed by atoms with Crippen molar-refractivity contribution in [2.75, 3.05) is 13.6 Å². The molecular weight excluding hydrogens is 198 g/mol. The van der Waals surface area contributed by atoms with Crippen molar-refractivity contribution in [1.29, 1.82) is 0 Å². The molecule has 0 fully saturated rings. The second-order valence-electron chi connectivity index (χ2n) is 3.63. The highest BCUT2D eigenvalue weighted by molar-refractivity contribution is 5.83. The van der Waals surface area contributed by atoms with Gasteiger partial charge in [0.05, 0.1) is 5.69 Å². The molecule has 2 rings (SSSR count). The topological polar surface area (TPSA) is 86.3 Å². The summed E-state index contributed by atoms with van der Waals surface area (Å²) in [5.41, 5.74) is 0.855. The molecule has 1 aliphatic rings. The Balaban J connectivity index is 2.53. The van der Waals surface area contributed by atoms with Gasteiger partial charge in [-0.3, -0.25) is 4.79 Å². The van der Waals surface area contributed by atoms with E-state index in [1.54, 1.807) is 0 Å². The van der Waals surface area contributed by atoms with Crippen molar-refractivity contribution in [2.45, 2.75) is 13.0 Å². The molecule has 6 heteroatoms. The number of H-pyrrole nitrogens is 1. The van der Waals surface area contributed by atoms with Crippen molar-refractivity contribution < 1.29 is 9.90 Å². The standard InChI is InChI=1S/C9H11N3O3/c1-12-3-2-5-6(4-12)10-7(9(14)15)11-8(5)13/h2-4H2,1H3,(H,14,15)(H,10,11,13). The number of likely N-dealkylation sites (N-methyl/N-ethyl adjacent to an activating group) is 1. The molecule has 0 atom stereocenters. The first kappa shape index (κ1) is 9.85. The largest absolute Gasteiger partial charge is 0.475 e. The maximum atomic E-state index is 11.5. The zero-order chi connectivity index (χ0) is 11.0. The molecule has 0 saturated heterocycles. The van der Waals surface area contributed by atoms with Crippen molar-refractivity contribution in [3.63, 3.8) is 0 Å². The molecule has 1 aliphatic heterocycles. The molecular formula is C9H11N3O3. The fraction of sp³-hybridized carbons (Fsp3) is 0.444. The van der Waals surface area contributed by atoms with Crippen molar-refractivity contribution in [3.05, 3.63) is 27.4 Å². The van der Waals surface area contributed by atoms with E-state index >= 15 is 0 Å². The Hall–Kier alpha value is -1.69. The Bertz CT molecular complexity index is 466. The van der Waals surface area contributed by atoms with Gasteiger partial charge in [-0.15, -0.1) is 0 Å². The highest BCUT2D eigenvalue weighted by atomic mass is 16.4. The minimum Gasteiger partial charge on any atom is -0.475 e. The van der Waals surface area contributed by atoms with Crippen LogP contribution in [0, 0.1) is 0 Å². The molecule has 80 valence electrons. The van der Waals surface area contributed by atoms with Crippen LogP contribution in [0.3, 0.4) is 0 Å². The number of aromatic carboxylic acids is 1. The van der Waals surface area contributed by atoms with E-state index in [-0.39, 0.29) is 11.4 Å². The molecule has 0 radical (unpaired) electrons. The number of carboxylic acids is 1. The first-order chi connectivity index (χ1) is 7.08. The number of nitrogens with zero attached hydrogens (tertiary/aromatic N) is 2. The SMILES string of the molecule is CN1CCc2c(nc(C(=O)O)[nH]c2=O)C1. The molecule has 2 heterocycles. The molecule has 0 unspecified atom stereocenters. The van der Waals surface area contributed by atoms with Crippen LogP contribution in [0.4, 0.5) is 0 Å². The van der Waals surface area contributed by atoms with Crippen LogP contribution in [0.15, 0.2) is 4.79 Å². The number of fused-ring (bicyclic) bond motifs is 1. The second kappa shape index (κ2) is 3.47. The highest BCUT2D eigenvalue weighted by Gasteiger charge is 2.20. The molecule has 0 aromatic carbocycles. The molecule has 2 N–H and O–H groups in total. The number of aromatic amines is 1. The smallest absolute Gasteiger partial charge is 0.372 e. The minimum absolute atomic E-state index is 0.283.